The topological polar surface area (TPSA) is 91.0 Å². The Kier molecular flexibility index (Phi) is 5.92. The molecule has 2 aliphatic carbocycles. The molecule has 154 valence electrons. The molecule has 4 rings (SSSR count). The van der Waals surface area contributed by atoms with Gasteiger partial charge in [-0.2, -0.15) is 5.10 Å². The Hall–Kier alpha value is -2.70. The van der Waals surface area contributed by atoms with Gasteiger partial charge in [-0.25, -0.2) is 0 Å². The monoisotopic (exact) mass is 395 g/mol. The number of nitrogens with one attached hydrogen (secondary N) is 2. The van der Waals surface area contributed by atoms with Crippen molar-refractivity contribution in [2.24, 2.45) is 0 Å². The first-order valence-electron chi connectivity index (χ1n) is 10.6. The molecule has 0 aromatic carbocycles. The van der Waals surface area contributed by atoms with Gasteiger partial charge in [-0.15, -0.1) is 0 Å². The molecule has 2 fully saturated rings. The van der Waals surface area contributed by atoms with Gasteiger partial charge in [0.1, 0.15) is 0 Å². The van der Waals surface area contributed by atoms with Gasteiger partial charge in [-0.05, 0) is 43.7 Å². The SMILES string of the molecule is CC(=O)N(C1CCCC1)C1CC(c2cc(NC(=O)CCc3cccnc3)n[nH]2)C1. The normalized spacial score (nSPS) is 21.6. The Morgan fingerprint density at radius 2 is 2.03 bits per heavy atom. The molecule has 0 saturated heterocycles. The second-order valence-electron chi connectivity index (χ2n) is 8.30. The lowest BCUT2D eigenvalue weighted by molar-refractivity contribution is -0.136. The molecule has 29 heavy (non-hydrogen) atoms. The van der Waals surface area contributed by atoms with Crippen LogP contribution >= 0.6 is 0 Å². The van der Waals surface area contributed by atoms with Crippen LogP contribution in [0.3, 0.4) is 0 Å². The fourth-order valence-corrected chi connectivity index (χ4v) is 4.68. The predicted molar refractivity (Wildman–Crippen MR) is 110 cm³/mol. The van der Waals surface area contributed by atoms with Crippen molar-refractivity contribution in [3.63, 3.8) is 0 Å². The van der Waals surface area contributed by atoms with Crippen molar-refractivity contribution in [3.8, 4) is 0 Å². The molecule has 0 unspecified atom stereocenters. The molecule has 2 aliphatic rings. The number of hydrogen-bond acceptors (Lipinski definition) is 4. The van der Waals surface area contributed by atoms with Crippen LogP contribution in [0.4, 0.5) is 5.82 Å². The molecular weight excluding hydrogens is 366 g/mol. The fraction of sp³-hybridized carbons (Fsp3) is 0.545. The number of amides is 2. The zero-order valence-electron chi connectivity index (χ0n) is 16.9. The molecule has 2 N–H and O–H groups in total. The first-order chi connectivity index (χ1) is 14.1. The van der Waals surface area contributed by atoms with Gasteiger partial charge in [0.2, 0.25) is 11.8 Å². The first kappa shape index (κ1) is 19.6. The fourth-order valence-electron chi connectivity index (χ4n) is 4.68. The van der Waals surface area contributed by atoms with E-state index in [1.54, 1.807) is 19.3 Å². The average molecular weight is 396 g/mol. The minimum Gasteiger partial charge on any atom is -0.337 e. The van der Waals surface area contributed by atoms with Crippen LogP contribution in [0, 0.1) is 0 Å². The molecule has 2 aromatic rings. The van der Waals surface area contributed by atoms with Gasteiger partial charge in [0.15, 0.2) is 5.82 Å². The van der Waals surface area contributed by atoms with Gasteiger partial charge in [0.05, 0.1) is 0 Å². The lowest BCUT2D eigenvalue weighted by Gasteiger charge is -2.45. The molecule has 0 bridgehead atoms. The standard InChI is InChI=1S/C22H29N5O2/c1-15(28)27(18-6-2-3-7-18)19-11-17(12-19)20-13-21(26-25-20)24-22(29)9-8-16-5-4-10-23-14-16/h4-5,10,13-14,17-19H,2-3,6-9,11-12H2,1H3,(H2,24,25,26,29). The maximum Gasteiger partial charge on any atom is 0.225 e. The number of pyridine rings is 1. The van der Waals surface area contributed by atoms with Crippen molar-refractivity contribution in [1.82, 2.24) is 20.1 Å². The first-order valence-corrected chi connectivity index (χ1v) is 10.6. The summed E-state index contributed by atoms with van der Waals surface area (Å²) in [5.74, 6) is 1.09. The van der Waals surface area contributed by atoms with Crippen LogP contribution in [0.15, 0.2) is 30.6 Å². The number of hydrogen-bond donors (Lipinski definition) is 2. The number of anilines is 1. The third-order valence-electron chi connectivity index (χ3n) is 6.26. The van der Waals surface area contributed by atoms with Crippen molar-refractivity contribution in [1.29, 1.82) is 0 Å². The van der Waals surface area contributed by atoms with E-state index in [-0.39, 0.29) is 11.8 Å². The molecule has 2 amide bonds. The van der Waals surface area contributed by atoms with E-state index in [0.717, 1.165) is 36.9 Å². The molecule has 7 heteroatoms. The van der Waals surface area contributed by atoms with E-state index in [4.69, 9.17) is 0 Å². The number of carbonyl (C=O) groups excluding carboxylic acids is 2. The van der Waals surface area contributed by atoms with Crippen LogP contribution in [0.2, 0.25) is 0 Å². The highest BCUT2D eigenvalue weighted by Crippen LogP contribution is 2.42. The van der Waals surface area contributed by atoms with E-state index in [9.17, 15) is 9.59 Å². The third kappa shape index (κ3) is 4.66. The number of rotatable bonds is 7. The molecule has 2 heterocycles. The molecule has 0 radical (unpaired) electrons. The summed E-state index contributed by atoms with van der Waals surface area (Å²) in [5.41, 5.74) is 2.09. The summed E-state index contributed by atoms with van der Waals surface area (Å²) >= 11 is 0. The zero-order valence-corrected chi connectivity index (χ0v) is 16.9. The van der Waals surface area contributed by atoms with Crippen LogP contribution < -0.4 is 5.32 Å². The molecule has 0 aliphatic heterocycles. The minimum absolute atomic E-state index is 0.0534. The number of aryl methyl sites for hydroxylation is 1. The van der Waals surface area contributed by atoms with Crippen molar-refractivity contribution in [2.75, 3.05) is 5.32 Å². The summed E-state index contributed by atoms with van der Waals surface area (Å²) in [6.45, 7) is 1.70. The number of nitrogens with zero attached hydrogens (tertiary/aromatic N) is 3. The van der Waals surface area contributed by atoms with E-state index in [1.807, 2.05) is 18.2 Å². The highest BCUT2D eigenvalue weighted by molar-refractivity contribution is 5.89. The van der Waals surface area contributed by atoms with Crippen molar-refractivity contribution >= 4 is 17.6 Å². The van der Waals surface area contributed by atoms with Crippen LogP contribution in [0.5, 0.6) is 0 Å². The van der Waals surface area contributed by atoms with Crippen molar-refractivity contribution in [3.05, 3.63) is 41.9 Å². The van der Waals surface area contributed by atoms with E-state index >= 15 is 0 Å². The Morgan fingerprint density at radius 1 is 1.24 bits per heavy atom. The minimum atomic E-state index is -0.0534. The van der Waals surface area contributed by atoms with Crippen LogP contribution in [0.1, 0.15) is 69.0 Å². The van der Waals surface area contributed by atoms with Gasteiger partial charge < -0.3 is 10.2 Å². The summed E-state index contributed by atoms with van der Waals surface area (Å²) in [4.78, 5) is 30.5. The average Bonchev–Trinajstić information content (AvgIpc) is 3.35. The van der Waals surface area contributed by atoms with Gasteiger partial charge in [-0.1, -0.05) is 18.9 Å². The largest absolute Gasteiger partial charge is 0.337 e. The van der Waals surface area contributed by atoms with Crippen molar-refractivity contribution < 1.29 is 9.59 Å². The Balaban J connectivity index is 1.26. The van der Waals surface area contributed by atoms with E-state index < -0.39 is 0 Å². The van der Waals surface area contributed by atoms with E-state index in [0.29, 0.717) is 36.7 Å². The number of H-pyrrole nitrogens is 1. The Bertz CT molecular complexity index is 838. The van der Waals surface area contributed by atoms with E-state index in [1.165, 1.54) is 12.8 Å². The Morgan fingerprint density at radius 3 is 2.72 bits per heavy atom. The molecular formula is C22H29N5O2. The van der Waals surface area contributed by atoms with Gasteiger partial charge in [0.25, 0.3) is 0 Å². The zero-order chi connectivity index (χ0) is 20.2. The summed E-state index contributed by atoms with van der Waals surface area (Å²) in [7, 11) is 0. The third-order valence-corrected chi connectivity index (χ3v) is 6.26. The predicted octanol–water partition coefficient (Wildman–Crippen LogP) is 3.41. The van der Waals surface area contributed by atoms with E-state index in [2.05, 4.69) is 25.4 Å². The molecule has 0 spiro atoms. The van der Waals surface area contributed by atoms with Crippen LogP contribution in [-0.4, -0.2) is 44.0 Å². The van der Waals surface area contributed by atoms with Crippen LogP contribution in [0.25, 0.3) is 0 Å². The summed E-state index contributed by atoms with van der Waals surface area (Å²) in [6.07, 6.45) is 11.2. The quantitative estimate of drug-likeness (QED) is 0.752. The lowest BCUT2D eigenvalue weighted by Crippen LogP contribution is -2.50. The highest BCUT2D eigenvalue weighted by atomic mass is 16.2. The second kappa shape index (κ2) is 8.76. The summed E-state index contributed by atoms with van der Waals surface area (Å²) < 4.78 is 0. The smallest absolute Gasteiger partial charge is 0.225 e. The molecule has 2 aromatic heterocycles. The second-order valence-corrected chi connectivity index (χ2v) is 8.30. The number of aromatic amines is 1. The Labute approximate surface area is 171 Å². The number of carbonyl (C=O) groups is 2. The molecule has 0 atom stereocenters. The number of aromatic nitrogens is 3. The molecule has 2 saturated carbocycles. The van der Waals surface area contributed by atoms with Crippen LogP contribution in [-0.2, 0) is 16.0 Å². The van der Waals surface area contributed by atoms with Gasteiger partial charge in [-0.3, -0.25) is 19.7 Å². The molecule has 7 nitrogen and oxygen atoms in total. The lowest BCUT2D eigenvalue weighted by atomic mass is 9.76. The maximum atomic E-state index is 12.2. The van der Waals surface area contributed by atoms with Crippen molar-refractivity contribution in [2.45, 2.75) is 76.3 Å². The highest BCUT2D eigenvalue weighted by Gasteiger charge is 2.40. The van der Waals surface area contributed by atoms with Gasteiger partial charge in [0, 0.05) is 55.5 Å². The van der Waals surface area contributed by atoms with Gasteiger partial charge >= 0.3 is 0 Å². The summed E-state index contributed by atoms with van der Waals surface area (Å²) in [5, 5.41) is 10.2. The summed E-state index contributed by atoms with van der Waals surface area (Å²) in [6, 6.07) is 6.53. The maximum absolute atomic E-state index is 12.2.